The molecule has 8 nitrogen and oxygen atoms in total. The van der Waals surface area contributed by atoms with Crippen LogP contribution in [0.4, 0.5) is 13.2 Å². The van der Waals surface area contributed by atoms with Crippen molar-refractivity contribution in [2.24, 2.45) is 11.8 Å². The van der Waals surface area contributed by atoms with E-state index in [1.54, 1.807) is 7.11 Å². The van der Waals surface area contributed by atoms with Gasteiger partial charge in [0.05, 0.1) is 31.7 Å². The number of Topliss-reactive ketones (excluding diaryl/α,β-unsaturated/α-hetero) is 1. The van der Waals surface area contributed by atoms with Crippen LogP contribution in [0.2, 0.25) is 0 Å². The van der Waals surface area contributed by atoms with E-state index in [-0.39, 0.29) is 17.1 Å². The molecule has 3 heterocycles. The number of carboxylic acids is 1. The highest BCUT2D eigenvalue weighted by Gasteiger charge is 2.58. The fourth-order valence-corrected chi connectivity index (χ4v) is 8.08. The number of fused-ring (bicyclic) bond motifs is 2. The number of carbonyl (C=O) groups excluding carboxylic acids is 3. The molecule has 1 aromatic heterocycles. The third kappa shape index (κ3) is 6.48. The minimum Gasteiger partial charge on any atom is -0.542 e. The molecule has 6 rings (SSSR count). The number of hydrogen-bond acceptors (Lipinski definition) is 5. The van der Waals surface area contributed by atoms with Gasteiger partial charge in [0.15, 0.2) is 0 Å². The van der Waals surface area contributed by atoms with E-state index in [1.165, 1.54) is 37.7 Å². The summed E-state index contributed by atoms with van der Waals surface area (Å²) < 4.78 is 36.9. The maximum atomic E-state index is 14.6. The van der Waals surface area contributed by atoms with Crippen LogP contribution in [0.15, 0.2) is 42.5 Å². The van der Waals surface area contributed by atoms with E-state index in [2.05, 4.69) is 45.5 Å². The summed E-state index contributed by atoms with van der Waals surface area (Å²) in [7, 11) is 1.61. The van der Waals surface area contributed by atoms with E-state index >= 15 is 0 Å². The minimum atomic E-state index is -5.19. The highest BCUT2D eigenvalue weighted by Crippen LogP contribution is 2.46. The number of benzene rings is 1. The topological polar surface area (TPSA) is 117 Å². The lowest BCUT2D eigenvalue weighted by Crippen LogP contribution is -2.82. The lowest BCUT2D eigenvalue weighted by atomic mass is 9.64. The van der Waals surface area contributed by atoms with Gasteiger partial charge in [-0.05, 0) is 55.6 Å². The number of halogens is 3. The third-order valence-corrected chi connectivity index (χ3v) is 10.3. The Kier molecular flexibility index (Phi) is 9.62. The highest BCUT2D eigenvalue weighted by molar-refractivity contribution is 5.96. The van der Waals surface area contributed by atoms with Crippen LogP contribution < -0.4 is 20.1 Å². The van der Waals surface area contributed by atoms with Crippen molar-refractivity contribution >= 4 is 17.7 Å². The monoisotopic (exact) mass is 616 g/mol. The Morgan fingerprint density at radius 3 is 2.43 bits per heavy atom. The Morgan fingerprint density at radius 2 is 1.77 bits per heavy atom. The molecule has 2 saturated heterocycles. The Morgan fingerprint density at radius 1 is 1.07 bits per heavy atom. The highest BCUT2D eigenvalue weighted by atomic mass is 19.4. The molecule has 1 spiro atoms. The van der Waals surface area contributed by atoms with Gasteiger partial charge in [0.2, 0.25) is 11.7 Å². The number of methoxy groups -OCH3 is 1. The second-order valence-corrected chi connectivity index (χ2v) is 12.6. The van der Waals surface area contributed by atoms with Crippen molar-refractivity contribution in [3.63, 3.8) is 0 Å². The summed E-state index contributed by atoms with van der Waals surface area (Å²) in [6.07, 6.45) is 4.52. The SMILES string of the molecule is COc1ccc2c([nH+]1)C(=O)CC[C@]21C[NH2+]CC1C(=O)N1CC[C@@H](c2ccccc2)C[C@H]1C1CCCCC1.O=C([O-])C(F)(F)F. The maximum Gasteiger partial charge on any atom is 0.430 e. The lowest BCUT2D eigenvalue weighted by molar-refractivity contribution is -0.640. The van der Waals surface area contributed by atoms with Gasteiger partial charge in [0, 0.05) is 24.6 Å². The molecule has 2 aliphatic heterocycles. The van der Waals surface area contributed by atoms with Gasteiger partial charge in [0.25, 0.3) is 5.69 Å². The number of carbonyl (C=O) groups is 3. The normalized spacial score (nSPS) is 27.3. The Balaban J connectivity index is 0.000000493. The predicted molar refractivity (Wildman–Crippen MR) is 151 cm³/mol. The number of likely N-dealkylation sites (tertiary alicyclic amines) is 1. The van der Waals surface area contributed by atoms with E-state index < -0.39 is 12.1 Å². The zero-order valence-electron chi connectivity index (χ0n) is 25.0. The smallest absolute Gasteiger partial charge is 0.430 e. The number of nitrogens with one attached hydrogen (secondary N) is 1. The molecule has 1 unspecified atom stereocenters. The van der Waals surface area contributed by atoms with Crippen molar-refractivity contribution in [3.05, 3.63) is 59.3 Å². The molecule has 0 radical (unpaired) electrons. The van der Waals surface area contributed by atoms with E-state index in [4.69, 9.17) is 14.6 Å². The maximum absolute atomic E-state index is 14.6. The number of ether oxygens (including phenoxy) is 1. The summed E-state index contributed by atoms with van der Waals surface area (Å²) >= 11 is 0. The molecule has 0 bridgehead atoms. The first-order valence-electron chi connectivity index (χ1n) is 15.6. The van der Waals surface area contributed by atoms with Crippen LogP contribution in [0.1, 0.15) is 85.3 Å². The molecule has 11 heteroatoms. The van der Waals surface area contributed by atoms with Crippen LogP contribution in [0.3, 0.4) is 0 Å². The first kappa shape index (κ1) is 31.9. The average molecular weight is 617 g/mol. The van der Waals surface area contributed by atoms with E-state index in [1.807, 2.05) is 12.1 Å². The fourth-order valence-electron chi connectivity index (χ4n) is 8.08. The quantitative estimate of drug-likeness (QED) is 0.567. The standard InChI is InChI=1S/C31H39N3O3.C2HF3O2/c1-37-28-13-12-24-29(33-28)27(35)14-16-31(24)20-32-19-25(31)30(36)34-17-15-23(21-8-4-2-5-9-21)18-26(34)22-10-6-3-7-11-22;3-2(4,5)1(6)7/h2,4-5,8-9,12-13,22-23,25-26,32H,3,6-7,10-11,14-20H2,1H3;(H,6,7)/p+1/t23-,25?,26+,31+;/m1./s1. The molecular weight excluding hydrogens is 575 g/mol. The van der Waals surface area contributed by atoms with E-state index in [0.717, 1.165) is 44.5 Å². The largest absolute Gasteiger partial charge is 0.542 e. The predicted octanol–water partition coefficient (Wildman–Crippen LogP) is 2.57. The van der Waals surface area contributed by atoms with Crippen LogP contribution in [-0.4, -0.2) is 61.5 Å². The minimum absolute atomic E-state index is 0.0967. The Hall–Kier alpha value is -3.47. The number of nitrogens with zero attached hydrogens (tertiary/aromatic N) is 1. The van der Waals surface area contributed by atoms with E-state index in [9.17, 15) is 22.8 Å². The molecular formula is C33H41F3N3O5+. The number of H-pyrrole nitrogens is 1. The van der Waals surface area contributed by atoms with Gasteiger partial charge in [-0.2, -0.15) is 18.2 Å². The van der Waals surface area contributed by atoms with Crippen molar-refractivity contribution in [3.8, 4) is 5.88 Å². The van der Waals surface area contributed by atoms with Crippen molar-refractivity contribution in [1.82, 2.24) is 4.90 Å². The second-order valence-electron chi connectivity index (χ2n) is 12.6. The first-order chi connectivity index (χ1) is 21.0. The summed E-state index contributed by atoms with van der Waals surface area (Å²) in [5.74, 6) is -0.935. The number of carboxylic acid groups (broad SMARTS) is 1. The van der Waals surface area contributed by atoms with Crippen LogP contribution in [0.5, 0.6) is 5.88 Å². The van der Waals surface area contributed by atoms with Gasteiger partial charge in [-0.3, -0.25) is 9.59 Å². The number of pyridine rings is 1. The van der Waals surface area contributed by atoms with Gasteiger partial charge in [0.1, 0.15) is 11.9 Å². The number of rotatable bonds is 4. The van der Waals surface area contributed by atoms with Crippen molar-refractivity contribution < 1.29 is 47.7 Å². The van der Waals surface area contributed by atoms with Crippen LogP contribution >= 0.6 is 0 Å². The zero-order valence-corrected chi connectivity index (χ0v) is 25.0. The number of nitrogens with two attached hydrogens (primary N) is 1. The summed E-state index contributed by atoms with van der Waals surface area (Å²) in [4.78, 5) is 41.8. The summed E-state index contributed by atoms with van der Waals surface area (Å²) in [5.41, 5.74) is 2.79. The molecule has 1 amide bonds. The molecule has 238 valence electrons. The molecule has 3 N–H and O–H groups in total. The number of alkyl halides is 3. The number of ketones is 1. The summed E-state index contributed by atoms with van der Waals surface area (Å²) in [5, 5.41) is 11.1. The number of aromatic nitrogens is 1. The number of hydrogen-bond donors (Lipinski definition) is 1. The van der Waals surface area contributed by atoms with Gasteiger partial charge in [-0.25, -0.2) is 0 Å². The van der Waals surface area contributed by atoms with Crippen molar-refractivity contribution in [2.45, 2.75) is 81.3 Å². The van der Waals surface area contributed by atoms with Gasteiger partial charge in [-0.15, -0.1) is 0 Å². The molecule has 2 aliphatic carbocycles. The zero-order chi connectivity index (χ0) is 31.5. The number of aliphatic carboxylic acids is 1. The van der Waals surface area contributed by atoms with Gasteiger partial charge < -0.3 is 24.9 Å². The molecule has 4 aliphatic rings. The Labute approximate surface area is 255 Å². The molecule has 1 aromatic carbocycles. The number of quaternary nitrogens is 1. The van der Waals surface area contributed by atoms with Crippen molar-refractivity contribution in [2.75, 3.05) is 26.7 Å². The number of piperidine rings is 1. The lowest BCUT2D eigenvalue weighted by Gasteiger charge is -2.47. The molecule has 1 saturated carbocycles. The summed E-state index contributed by atoms with van der Waals surface area (Å²) in [6.45, 7) is 2.50. The average Bonchev–Trinajstić information content (AvgIpc) is 3.47. The molecule has 44 heavy (non-hydrogen) atoms. The van der Waals surface area contributed by atoms with Crippen LogP contribution in [0.25, 0.3) is 0 Å². The van der Waals surface area contributed by atoms with Crippen molar-refractivity contribution in [1.29, 1.82) is 0 Å². The van der Waals surface area contributed by atoms with Crippen LogP contribution in [0, 0.1) is 11.8 Å². The third-order valence-electron chi connectivity index (χ3n) is 10.3. The molecule has 4 atom stereocenters. The van der Waals surface area contributed by atoms with Crippen LogP contribution in [-0.2, 0) is 15.0 Å². The molecule has 3 fully saturated rings. The Bertz CT molecular complexity index is 1350. The number of aromatic amines is 1. The first-order valence-corrected chi connectivity index (χ1v) is 15.6. The fraction of sp³-hybridized carbons (Fsp3) is 0.576. The molecule has 2 aromatic rings. The van der Waals surface area contributed by atoms with E-state index in [0.29, 0.717) is 41.8 Å². The summed E-state index contributed by atoms with van der Waals surface area (Å²) in [6, 6.07) is 15.2. The second kappa shape index (κ2) is 13.3. The van der Waals surface area contributed by atoms with Gasteiger partial charge >= 0.3 is 12.1 Å². The van der Waals surface area contributed by atoms with Gasteiger partial charge in [-0.1, -0.05) is 49.6 Å². The number of amides is 1.